The molecule has 0 heterocycles. The summed E-state index contributed by atoms with van der Waals surface area (Å²) >= 11 is 0. The van der Waals surface area contributed by atoms with Crippen molar-refractivity contribution in [1.29, 1.82) is 0 Å². The van der Waals surface area contributed by atoms with Crippen LogP contribution in [0.3, 0.4) is 0 Å². The summed E-state index contributed by atoms with van der Waals surface area (Å²) in [5.41, 5.74) is 4.60. The molecule has 21 heavy (non-hydrogen) atoms. The van der Waals surface area contributed by atoms with Crippen LogP contribution >= 0.6 is 7.26 Å². The van der Waals surface area contributed by atoms with Gasteiger partial charge in [0.15, 0.2) is 5.16 Å². The molecule has 2 nitrogen and oxygen atoms in total. The first-order valence-electron chi connectivity index (χ1n) is 7.46. The van der Waals surface area contributed by atoms with Crippen molar-refractivity contribution in [3.8, 4) is 0 Å². The van der Waals surface area contributed by atoms with Crippen LogP contribution in [0, 0.1) is 20.8 Å². The van der Waals surface area contributed by atoms with Crippen molar-refractivity contribution in [1.82, 2.24) is 0 Å². The Balaban J connectivity index is 0.00000220. The monoisotopic (exact) mass is 381 g/mol. The molecular weight excluding hydrogens is 354 g/mol. The molecular formula is C17H27NOPY+. The van der Waals surface area contributed by atoms with Crippen molar-refractivity contribution in [2.75, 3.05) is 24.8 Å². The molecule has 0 aliphatic heterocycles. The summed E-state index contributed by atoms with van der Waals surface area (Å²) < 4.78 is 0. The molecule has 1 radical (unpaired) electrons. The van der Waals surface area contributed by atoms with Gasteiger partial charge < -0.3 is 5.32 Å². The van der Waals surface area contributed by atoms with Crippen molar-refractivity contribution in [3.63, 3.8) is 0 Å². The molecule has 113 valence electrons. The van der Waals surface area contributed by atoms with Gasteiger partial charge in [0.05, 0.1) is 6.16 Å². The van der Waals surface area contributed by atoms with E-state index in [0.29, 0.717) is 0 Å². The third-order valence-electron chi connectivity index (χ3n) is 5.01. The zero-order chi connectivity index (χ0) is 15.1. The summed E-state index contributed by atoms with van der Waals surface area (Å²) in [5, 5.41) is 3.19. The zero-order valence-corrected chi connectivity index (χ0v) is 17.9. The third-order valence-corrected chi connectivity index (χ3v) is 9.56. The molecule has 0 unspecified atom stereocenters. The molecule has 1 aromatic rings. The molecule has 2 rings (SSSR count). The van der Waals surface area contributed by atoms with Crippen LogP contribution in [-0.4, -0.2) is 30.6 Å². The molecule has 0 saturated heterocycles. The quantitative estimate of drug-likeness (QED) is 0.771. The van der Waals surface area contributed by atoms with Crippen molar-refractivity contribution in [2.45, 2.75) is 45.7 Å². The van der Waals surface area contributed by atoms with Gasteiger partial charge in [0, 0.05) is 71.8 Å². The first-order valence-corrected chi connectivity index (χ1v) is 10.3. The third kappa shape index (κ3) is 3.60. The van der Waals surface area contributed by atoms with Crippen molar-refractivity contribution in [3.05, 3.63) is 28.8 Å². The predicted octanol–water partition coefficient (Wildman–Crippen LogP) is 4.38. The number of anilines is 1. The minimum atomic E-state index is -1.16. The second-order valence-corrected chi connectivity index (χ2v) is 11.6. The molecule has 4 heteroatoms. The molecule has 1 aliphatic rings. The first kappa shape index (κ1) is 19.3. The van der Waals surface area contributed by atoms with Gasteiger partial charge in [-0.05, 0) is 38.8 Å². The van der Waals surface area contributed by atoms with E-state index in [-0.39, 0.29) is 43.8 Å². The fraction of sp³-hybridized carbons (Fsp3) is 0.588. The van der Waals surface area contributed by atoms with E-state index < -0.39 is 7.26 Å². The second-order valence-electron chi connectivity index (χ2n) is 6.76. The molecule has 0 aromatic heterocycles. The van der Waals surface area contributed by atoms with Gasteiger partial charge in [0.25, 0.3) is 5.91 Å². The maximum atomic E-state index is 12.8. The summed E-state index contributed by atoms with van der Waals surface area (Å²) in [7, 11) is -1.16. The van der Waals surface area contributed by atoms with Gasteiger partial charge in [-0.2, -0.15) is 0 Å². The van der Waals surface area contributed by atoms with Crippen LogP contribution < -0.4 is 5.32 Å². The second kappa shape index (κ2) is 6.77. The Morgan fingerprint density at radius 2 is 1.67 bits per heavy atom. The number of carbonyl (C=O) groups is 1. The topological polar surface area (TPSA) is 29.1 Å². The SMILES string of the molecule is CC[P+](C)(C)C1(C(=O)Nc2c(C)cc(C)cc2C)CC1.[Y]. The molecule has 0 spiro atoms. The van der Waals surface area contributed by atoms with E-state index in [4.69, 9.17) is 0 Å². The minimum absolute atomic E-state index is 0. The number of hydrogen-bond donors (Lipinski definition) is 1. The molecule has 1 aliphatic carbocycles. The van der Waals surface area contributed by atoms with Crippen LogP contribution in [0.4, 0.5) is 5.69 Å². The summed E-state index contributed by atoms with van der Waals surface area (Å²) in [6.45, 7) is 13.1. The number of hydrogen-bond acceptors (Lipinski definition) is 1. The number of amides is 1. The number of carbonyl (C=O) groups excluding carboxylic acids is 1. The van der Waals surface area contributed by atoms with Crippen LogP contribution in [0.15, 0.2) is 12.1 Å². The van der Waals surface area contributed by atoms with Crippen molar-refractivity contribution < 1.29 is 37.5 Å². The Morgan fingerprint density at radius 3 is 2.05 bits per heavy atom. The van der Waals surface area contributed by atoms with Gasteiger partial charge in [-0.15, -0.1) is 0 Å². The minimum Gasteiger partial charge on any atom is -0.322 e. The number of aryl methyl sites for hydroxylation is 3. The van der Waals surface area contributed by atoms with E-state index in [9.17, 15) is 4.79 Å². The summed E-state index contributed by atoms with van der Waals surface area (Å²) in [6, 6.07) is 4.28. The molecule has 0 atom stereocenters. The van der Waals surface area contributed by atoms with E-state index >= 15 is 0 Å². The molecule has 1 aromatic carbocycles. The van der Waals surface area contributed by atoms with Gasteiger partial charge in [0.2, 0.25) is 0 Å². The zero-order valence-electron chi connectivity index (χ0n) is 14.2. The van der Waals surface area contributed by atoms with Crippen LogP contribution in [-0.2, 0) is 37.5 Å². The number of rotatable bonds is 4. The molecule has 1 amide bonds. The normalized spacial score (nSPS) is 16.1. The number of nitrogens with one attached hydrogen (secondary N) is 1. The van der Waals surface area contributed by atoms with Crippen LogP contribution in [0.2, 0.25) is 0 Å². The Labute approximate surface area is 155 Å². The maximum absolute atomic E-state index is 12.8. The van der Waals surface area contributed by atoms with E-state index in [1.165, 1.54) is 16.7 Å². The van der Waals surface area contributed by atoms with Gasteiger partial charge in [-0.3, -0.25) is 4.79 Å². The average Bonchev–Trinajstić information content (AvgIpc) is 3.15. The molecule has 1 fully saturated rings. The summed E-state index contributed by atoms with van der Waals surface area (Å²) in [5.74, 6) is 0.257. The van der Waals surface area contributed by atoms with E-state index in [1.807, 2.05) is 0 Å². The Bertz CT molecular complexity index is 527. The number of benzene rings is 1. The van der Waals surface area contributed by atoms with Gasteiger partial charge in [0.1, 0.15) is 0 Å². The Kier molecular flexibility index (Phi) is 6.21. The van der Waals surface area contributed by atoms with Crippen LogP contribution in [0.1, 0.15) is 36.5 Å². The first-order chi connectivity index (χ1) is 9.23. The largest absolute Gasteiger partial charge is 0.322 e. The Hall–Kier alpha value is 0.224. The van der Waals surface area contributed by atoms with Crippen LogP contribution in [0.25, 0.3) is 0 Å². The smallest absolute Gasteiger partial charge is 0.268 e. The predicted molar refractivity (Wildman–Crippen MR) is 90.6 cm³/mol. The fourth-order valence-corrected chi connectivity index (χ4v) is 5.67. The van der Waals surface area contributed by atoms with Gasteiger partial charge in [-0.25, -0.2) is 0 Å². The molecule has 1 N–H and O–H groups in total. The van der Waals surface area contributed by atoms with Crippen molar-refractivity contribution >= 4 is 18.9 Å². The molecule has 1 saturated carbocycles. The van der Waals surface area contributed by atoms with Gasteiger partial charge >= 0.3 is 0 Å². The summed E-state index contributed by atoms with van der Waals surface area (Å²) in [6.07, 6.45) is 3.28. The Morgan fingerprint density at radius 1 is 1.19 bits per heavy atom. The van der Waals surface area contributed by atoms with E-state index in [1.54, 1.807) is 0 Å². The summed E-state index contributed by atoms with van der Waals surface area (Å²) in [4.78, 5) is 12.8. The van der Waals surface area contributed by atoms with Crippen molar-refractivity contribution in [2.24, 2.45) is 0 Å². The maximum Gasteiger partial charge on any atom is 0.268 e. The average molecular weight is 381 g/mol. The van der Waals surface area contributed by atoms with E-state index in [2.05, 4.69) is 58.5 Å². The van der Waals surface area contributed by atoms with E-state index in [0.717, 1.165) is 24.7 Å². The van der Waals surface area contributed by atoms with Crippen LogP contribution in [0.5, 0.6) is 0 Å². The van der Waals surface area contributed by atoms with Gasteiger partial charge in [-0.1, -0.05) is 17.7 Å². The fourth-order valence-electron chi connectivity index (χ4n) is 3.14. The molecule has 0 bridgehead atoms. The standard InChI is InChI=1S/C17H26NOP.Y/c1-7-20(5,6)17(8-9-17)16(19)18-15-13(3)10-12(2)11-14(15)4;/h10-11H,7-9H2,1-6H3;/p+1.